The van der Waals surface area contributed by atoms with E-state index < -0.39 is 0 Å². The first-order chi connectivity index (χ1) is 12.9. The van der Waals surface area contributed by atoms with Crippen LogP contribution in [0.15, 0.2) is 30.3 Å². The molecule has 4 rings (SSSR count). The zero-order valence-electron chi connectivity index (χ0n) is 14.6. The van der Waals surface area contributed by atoms with Gasteiger partial charge in [0, 0.05) is 26.2 Å². The Balaban J connectivity index is 1.56. The third kappa shape index (κ3) is 4.12. The maximum absolute atomic E-state index is 5.44. The highest BCUT2D eigenvalue weighted by molar-refractivity contribution is 5.50. The van der Waals surface area contributed by atoms with E-state index in [1.807, 2.05) is 30.3 Å². The van der Waals surface area contributed by atoms with E-state index in [1.54, 1.807) is 0 Å². The van der Waals surface area contributed by atoms with Crippen LogP contribution in [0.3, 0.4) is 0 Å². The maximum atomic E-state index is 5.44. The van der Waals surface area contributed by atoms with E-state index in [0.717, 1.165) is 31.9 Å². The number of nitrogens with zero attached hydrogens (tertiary/aromatic N) is 5. The molecule has 1 aromatic carbocycles. The van der Waals surface area contributed by atoms with E-state index in [2.05, 4.69) is 35.6 Å². The summed E-state index contributed by atoms with van der Waals surface area (Å²) in [5.41, 5.74) is 7.16. The Bertz CT molecular complexity index is 667. The molecular weight excluding hydrogens is 334 g/mol. The lowest BCUT2D eigenvalue weighted by molar-refractivity contribution is 0.121. The minimum Gasteiger partial charge on any atom is -0.378 e. The Morgan fingerprint density at radius 3 is 1.77 bits per heavy atom. The first kappa shape index (κ1) is 16.8. The fourth-order valence-electron chi connectivity index (χ4n) is 2.87. The van der Waals surface area contributed by atoms with Crippen molar-refractivity contribution in [3.63, 3.8) is 0 Å². The van der Waals surface area contributed by atoms with Gasteiger partial charge in [0.1, 0.15) is 0 Å². The van der Waals surface area contributed by atoms with E-state index in [0.29, 0.717) is 44.3 Å². The molecule has 0 radical (unpaired) electrons. The van der Waals surface area contributed by atoms with Gasteiger partial charge in [-0.15, -0.1) is 0 Å². The standard InChI is InChI=1S/C17H23N7O2/c1-2-4-14(5-3-1)21-22-15-18-16(23-6-10-25-11-7-23)20-17(19-15)24-8-12-26-13-9-24/h1-5,21H,6-13H2,(H,18,19,20,22). The zero-order valence-corrected chi connectivity index (χ0v) is 14.6. The molecule has 0 atom stereocenters. The molecule has 0 spiro atoms. The molecule has 2 saturated heterocycles. The summed E-state index contributed by atoms with van der Waals surface area (Å²) in [4.78, 5) is 18.1. The number of hydrogen-bond acceptors (Lipinski definition) is 9. The molecule has 9 nitrogen and oxygen atoms in total. The van der Waals surface area contributed by atoms with Gasteiger partial charge in [0.25, 0.3) is 0 Å². The quantitative estimate of drug-likeness (QED) is 0.760. The molecular formula is C17H23N7O2. The number of para-hydroxylation sites is 1. The Kier molecular flexibility index (Phi) is 5.27. The zero-order chi connectivity index (χ0) is 17.6. The van der Waals surface area contributed by atoms with Crippen LogP contribution in [0.1, 0.15) is 0 Å². The number of hydrazine groups is 1. The van der Waals surface area contributed by atoms with Crippen LogP contribution in [0.2, 0.25) is 0 Å². The van der Waals surface area contributed by atoms with Crippen molar-refractivity contribution < 1.29 is 9.47 Å². The van der Waals surface area contributed by atoms with E-state index in [9.17, 15) is 0 Å². The van der Waals surface area contributed by atoms with Gasteiger partial charge in [0.2, 0.25) is 17.8 Å². The highest BCUT2D eigenvalue weighted by Crippen LogP contribution is 2.19. The number of aromatic nitrogens is 3. The van der Waals surface area contributed by atoms with Crippen molar-refractivity contribution in [3.05, 3.63) is 30.3 Å². The minimum atomic E-state index is 0.492. The van der Waals surface area contributed by atoms with Gasteiger partial charge in [-0.25, -0.2) is 0 Å². The second-order valence-electron chi connectivity index (χ2n) is 6.07. The van der Waals surface area contributed by atoms with Crippen molar-refractivity contribution in [1.82, 2.24) is 15.0 Å². The molecule has 9 heteroatoms. The van der Waals surface area contributed by atoms with Gasteiger partial charge in [-0.1, -0.05) is 18.2 Å². The van der Waals surface area contributed by atoms with Gasteiger partial charge >= 0.3 is 0 Å². The van der Waals surface area contributed by atoms with Crippen molar-refractivity contribution >= 4 is 23.5 Å². The predicted molar refractivity (Wildman–Crippen MR) is 99.6 cm³/mol. The minimum absolute atomic E-state index is 0.492. The summed E-state index contributed by atoms with van der Waals surface area (Å²) in [5.74, 6) is 1.83. The van der Waals surface area contributed by atoms with E-state index >= 15 is 0 Å². The van der Waals surface area contributed by atoms with Gasteiger partial charge in [-0.2, -0.15) is 15.0 Å². The van der Waals surface area contributed by atoms with Crippen molar-refractivity contribution in [2.45, 2.75) is 0 Å². The molecule has 1 aromatic heterocycles. The molecule has 0 bridgehead atoms. The van der Waals surface area contributed by atoms with Gasteiger partial charge in [0.15, 0.2) is 0 Å². The summed E-state index contributed by atoms with van der Waals surface area (Å²) in [5, 5.41) is 0. The van der Waals surface area contributed by atoms with Crippen LogP contribution >= 0.6 is 0 Å². The molecule has 2 aromatic rings. The van der Waals surface area contributed by atoms with Crippen LogP contribution in [0.4, 0.5) is 23.5 Å². The predicted octanol–water partition coefficient (Wildman–Crippen LogP) is 0.984. The number of morpholine rings is 2. The first-order valence-electron chi connectivity index (χ1n) is 8.87. The Morgan fingerprint density at radius 1 is 0.692 bits per heavy atom. The molecule has 2 fully saturated rings. The highest BCUT2D eigenvalue weighted by atomic mass is 16.5. The molecule has 26 heavy (non-hydrogen) atoms. The number of rotatable bonds is 5. The fraction of sp³-hybridized carbons (Fsp3) is 0.471. The smallest absolute Gasteiger partial charge is 0.248 e. The third-order valence-corrected chi connectivity index (χ3v) is 4.29. The van der Waals surface area contributed by atoms with Gasteiger partial charge in [0.05, 0.1) is 32.1 Å². The van der Waals surface area contributed by atoms with Crippen LogP contribution in [0, 0.1) is 0 Å². The SMILES string of the molecule is c1ccc(NNc2nc(N3CCOCC3)nc(N3CCOCC3)n2)cc1. The van der Waals surface area contributed by atoms with E-state index in [1.165, 1.54) is 0 Å². The van der Waals surface area contributed by atoms with Gasteiger partial charge < -0.3 is 19.3 Å². The molecule has 0 aliphatic carbocycles. The summed E-state index contributed by atoms with van der Waals surface area (Å²) in [6, 6.07) is 9.85. The second kappa shape index (κ2) is 8.15. The van der Waals surface area contributed by atoms with Crippen LogP contribution in [0.5, 0.6) is 0 Å². The van der Waals surface area contributed by atoms with Crippen molar-refractivity contribution in [3.8, 4) is 0 Å². The number of nitrogens with one attached hydrogen (secondary N) is 2. The van der Waals surface area contributed by atoms with Crippen LogP contribution < -0.4 is 20.7 Å². The number of benzene rings is 1. The number of hydrogen-bond donors (Lipinski definition) is 2. The van der Waals surface area contributed by atoms with E-state index in [4.69, 9.17) is 9.47 Å². The Labute approximate surface area is 152 Å². The average Bonchev–Trinajstić information content (AvgIpc) is 2.74. The monoisotopic (exact) mass is 357 g/mol. The summed E-state index contributed by atoms with van der Waals surface area (Å²) >= 11 is 0. The van der Waals surface area contributed by atoms with Crippen LogP contribution in [-0.2, 0) is 9.47 Å². The molecule has 2 aliphatic heterocycles. The normalized spacial score (nSPS) is 17.8. The highest BCUT2D eigenvalue weighted by Gasteiger charge is 2.20. The lowest BCUT2D eigenvalue weighted by Crippen LogP contribution is -2.40. The largest absolute Gasteiger partial charge is 0.378 e. The molecule has 138 valence electrons. The van der Waals surface area contributed by atoms with Crippen molar-refractivity contribution in [2.24, 2.45) is 0 Å². The van der Waals surface area contributed by atoms with Crippen molar-refractivity contribution in [1.29, 1.82) is 0 Å². The summed E-state index contributed by atoms with van der Waals surface area (Å²) in [6.07, 6.45) is 0. The lowest BCUT2D eigenvalue weighted by Gasteiger charge is -2.30. The van der Waals surface area contributed by atoms with Crippen molar-refractivity contribution in [2.75, 3.05) is 73.3 Å². The molecule has 0 amide bonds. The van der Waals surface area contributed by atoms with Crippen LogP contribution in [-0.4, -0.2) is 67.6 Å². The summed E-state index contributed by atoms with van der Waals surface area (Å²) in [7, 11) is 0. The number of ether oxygens (including phenoxy) is 2. The van der Waals surface area contributed by atoms with Gasteiger partial charge in [-0.05, 0) is 12.1 Å². The summed E-state index contributed by atoms with van der Waals surface area (Å²) < 4.78 is 10.9. The maximum Gasteiger partial charge on any atom is 0.248 e. The average molecular weight is 357 g/mol. The summed E-state index contributed by atoms with van der Waals surface area (Å²) in [6.45, 7) is 5.84. The molecule has 2 aliphatic rings. The fourth-order valence-corrected chi connectivity index (χ4v) is 2.87. The first-order valence-corrected chi connectivity index (χ1v) is 8.87. The topological polar surface area (TPSA) is 87.7 Å². The molecule has 0 unspecified atom stereocenters. The third-order valence-electron chi connectivity index (χ3n) is 4.29. The van der Waals surface area contributed by atoms with E-state index in [-0.39, 0.29) is 0 Å². The Hall–Kier alpha value is -2.65. The molecule has 3 heterocycles. The lowest BCUT2D eigenvalue weighted by atomic mass is 10.3. The second-order valence-corrected chi connectivity index (χ2v) is 6.07. The molecule has 2 N–H and O–H groups in total. The molecule has 0 saturated carbocycles. The number of anilines is 4. The van der Waals surface area contributed by atoms with Gasteiger partial charge in [-0.3, -0.25) is 10.9 Å². The Morgan fingerprint density at radius 2 is 1.23 bits per heavy atom. The van der Waals surface area contributed by atoms with Crippen LogP contribution in [0.25, 0.3) is 0 Å².